The maximum absolute atomic E-state index is 12.1. The molecule has 0 heterocycles. The summed E-state index contributed by atoms with van der Waals surface area (Å²) >= 11 is 2.97. The van der Waals surface area contributed by atoms with Crippen molar-refractivity contribution in [3.05, 3.63) is 22.7 Å². The van der Waals surface area contributed by atoms with Gasteiger partial charge in [-0.15, -0.1) is 13.2 Å². The Labute approximate surface area is 129 Å². The lowest BCUT2D eigenvalue weighted by atomic mass is 10.3. The second-order valence-electron chi connectivity index (χ2n) is 4.54. The summed E-state index contributed by atoms with van der Waals surface area (Å²) in [5.74, 6) is -0.411. The van der Waals surface area contributed by atoms with Crippen molar-refractivity contribution in [1.29, 1.82) is 0 Å². The van der Waals surface area contributed by atoms with Crippen molar-refractivity contribution in [3.8, 4) is 5.75 Å². The fourth-order valence-electron chi connectivity index (χ4n) is 1.39. The summed E-state index contributed by atoms with van der Waals surface area (Å²) in [5.41, 5.74) is 0.496. The van der Waals surface area contributed by atoms with Gasteiger partial charge in [-0.2, -0.15) is 0 Å². The second kappa shape index (κ2) is 6.87. The van der Waals surface area contributed by atoms with Crippen LogP contribution in [-0.4, -0.2) is 32.3 Å². The Morgan fingerprint density at radius 2 is 1.95 bits per heavy atom. The second-order valence-corrected chi connectivity index (χ2v) is 8.07. The van der Waals surface area contributed by atoms with E-state index in [0.717, 1.165) is 6.07 Å². The Bertz CT molecular complexity index is 588. The first kappa shape index (κ1) is 18.1. The molecule has 0 amide bonds. The van der Waals surface area contributed by atoms with Gasteiger partial charge in [0.2, 0.25) is 0 Å². The summed E-state index contributed by atoms with van der Waals surface area (Å²) in [7, 11) is -3.16. The highest BCUT2D eigenvalue weighted by atomic mass is 79.9. The summed E-state index contributed by atoms with van der Waals surface area (Å²) in [6.45, 7) is 3.36. The van der Waals surface area contributed by atoms with Crippen LogP contribution in [0.15, 0.2) is 22.7 Å². The van der Waals surface area contributed by atoms with Crippen molar-refractivity contribution < 1.29 is 26.3 Å². The summed E-state index contributed by atoms with van der Waals surface area (Å²) < 4.78 is 63.5. The van der Waals surface area contributed by atoms with Crippen LogP contribution in [0.3, 0.4) is 0 Å². The third-order valence-electron chi connectivity index (χ3n) is 2.59. The van der Waals surface area contributed by atoms with E-state index in [1.165, 1.54) is 12.1 Å². The Balaban J connectivity index is 2.65. The van der Waals surface area contributed by atoms with Gasteiger partial charge in [0.25, 0.3) is 0 Å². The van der Waals surface area contributed by atoms with Gasteiger partial charge in [-0.3, -0.25) is 0 Å². The van der Waals surface area contributed by atoms with Crippen LogP contribution in [0.4, 0.5) is 18.9 Å². The molecule has 0 aliphatic heterocycles. The number of hydrogen-bond donors (Lipinski definition) is 1. The average Bonchev–Trinajstić information content (AvgIpc) is 2.30. The fourth-order valence-corrected chi connectivity index (χ4v) is 2.71. The van der Waals surface area contributed by atoms with Crippen LogP contribution < -0.4 is 10.1 Å². The van der Waals surface area contributed by atoms with Crippen molar-refractivity contribution in [2.24, 2.45) is 0 Å². The number of nitrogens with one attached hydrogen (secondary N) is 1. The van der Waals surface area contributed by atoms with Gasteiger partial charge in [0.05, 0.1) is 15.5 Å². The van der Waals surface area contributed by atoms with E-state index in [1.54, 1.807) is 13.8 Å². The van der Waals surface area contributed by atoms with Gasteiger partial charge < -0.3 is 10.1 Å². The van der Waals surface area contributed by atoms with Crippen LogP contribution in [0.25, 0.3) is 0 Å². The average molecular weight is 390 g/mol. The molecular weight excluding hydrogens is 375 g/mol. The Morgan fingerprint density at radius 1 is 1.33 bits per heavy atom. The largest absolute Gasteiger partial charge is 0.573 e. The van der Waals surface area contributed by atoms with Crippen molar-refractivity contribution in [2.45, 2.75) is 25.5 Å². The topological polar surface area (TPSA) is 55.4 Å². The van der Waals surface area contributed by atoms with E-state index in [1.807, 2.05) is 0 Å². The first-order valence-corrected chi connectivity index (χ1v) is 8.53. The van der Waals surface area contributed by atoms with Crippen LogP contribution in [-0.2, 0) is 9.84 Å². The third-order valence-corrected chi connectivity index (χ3v) is 5.42. The number of anilines is 1. The molecule has 21 heavy (non-hydrogen) atoms. The molecule has 0 atom stereocenters. The molecule has 4 nitrogen and oxygen atoms in total. The maximum atomic E-state index is 12.1. The van der Waals surface area contributed by atoms with E-state index in [2.05, 4.69) is 26.0 Å². The lowest BCUT2D eigenvalue weighted by Gasteiger charge is -2.13. The zero-order valence-corrected chi connectivity index (χ0v) is 13.8. The van der Waals surface area contributed by atoms with E-state index in [0.29, 0.717) is 5.69 Å². The quantitative estimate of drug-likeness (QED) is 0.807. The highest BCUT2D eigenvalue weighted by molar-refractivity contribution is 9.10. The molecule has 0 radical (unpaired) electrons. The number of rotatable bonds is 6. The predicted molar refractivity (Wildman–Crippen MR) is 78.2 cm³/mol. The highest BCUT2D eigenvalue weighted by Crippen LogP contribution is 2.32. The van der Waals surface area contributed by atoms with Gasteiger partial charge in [-0.05, 0) is 48.0 Å². The zero-order valence-electron chi connectivity index (χ0n) is 11.4. The van der Waals surface area contributed by atoms with E-state index in [9.17, 15) is 21.6 Å². The Kier molecular flexibility index (Phi) is 5.92. The number of sulfone groups is 1. The lowest BCUT2D eigenvalue weighted by Crippen LogP contribution is -2.23. The van der Waals surface area contributed by atoms with Gasteiger partial charge in [-0.1, -0.05) is 0 Å². The molecule has 0 bridgehead atoms. The fraction of sp³-hybridized carbons (Fsp3) is 0.500. The number of benzene rings is 1. The van der Waals surface area contributed by atoms with Gasteiger partial charge in [0, 0.05) is 12.2 Å². The number of hydrogen-bond acceptors (Lipinski definition) is 4. The molecule has 1 aromatic carbocycles. The third kappa shape index (κ3) is 6.13. The molecular formula is C12H15BrF3NO3S. The molecule has 0 fully saturated rings. The minimum absolute atomic E-state index is 0.0525. The van der Waals surface area contributed by atoms with Gasteiger partial charge in [-0.25, -0.2) is 8.42 Å². The first-order chi connectivity index (χ1) is 9.51. The first-order valence-electron chi connectivity index (χ1n) is 6.02. The Morgan fingerprint density at radius 3 is 2.43 bits per heavy atom. The van der Waals surface area contributed by atoms with Crippen molar-refractivity contribution in [1.82, 2.24) is 0 Å². The monoisotopic (exact) mass is 389 g/mol. The van der Waals surface area contributed by atoms with Gasteiger partial charge in [0.15, 0.2) is 9.84 Å². The van der Waals surface area contributed by atoms with Crippen LogP contribution in [0.1, 0.15) is 13.8 Å². The molecule has 0 unspecified atom stereocenters. The molecule has 9 heteroatoms. The molecule has 1 N–H and O–H groups in total. The standard InChI is InChI=1S/C12H15BrF3NO3S/c1-8(2)21(18,19)6-5-17-9-3-4-11(10(13)7-9)20-12(14,15)16/h3-4,7-8,17H,5-6H2,1-2H3. The molecule has 0 saturated heterocycles. The number of alkyl halides is 3. The molecule has 1 rings (SSSR count). The highest BCUT2D eigenvalue weighted by Gasteiger charge is 2.31. The van der Waals surface area contributed by atoms with Crippen LogP contribution in [0, 0.1) is 0 Å². The molecule has 1 aromatic rings. The summed E-state index contributed by atoms with van der Waals surface area (Å²) in [5, 5.41) is 2.38. The van der Waals surface area contributed by atoms with Crippen LogP contribution in [0.2, 0.25) is 0 Å². The normalized spacial score (nSPS) is 12.5. The maximum Gasteiger partial charge on any atom is 0.573 e. The van der Waals surface area contributed by atoms with E-state index < -0.39 is 21.4 Å². The van der Waals surface area contributed by atoms with Crippen molar-refractivity contribution >= 4 is 31.5 Å². The number of halogens is 4. The molecule has 0 spiro atoms. The van der Waals surface area contributed by atoms with Gasteiger partial charge >= 0.3 is 6.36 Å². The van der Waals surface area contributed by atoms with E-state index >= 15 is 0 Å². The zero-order chi connectivity index (χ0) is 16.3. The molecule has 0 aliphatic rings. The molecule has 0 aromatic heterocycles. The minimum atomic E-state index is -4.76. The van der Waals surface area contributed by atoms with Crippen molar-refractivity contribution in [2.75, 3.05) is 17.6 Å². The predicted octanol–water partition coefficient (Wildman–Crippen LogP) is 3.58. The van der Waals surface area contributed by atoms with E-state index in [-0.39, 0.29) is 22.5 Å². The molecule has 0 aliphatic carbocycles. The molecule has 0 saturated carbocycles. The minimum Gasteiger partial charge on any atom is -0.405 e. The van der Waals surface area contributed by atoms with Gasteiger partial charge in [0.1, 0.15) is 5.75 Å². The van der Waals surface area contributed by atoms with Crippen LogP contribution >= 0.6 is 15.9 Å². The SMILES string of the molecule is CC(C)S(=O)(=O)CCNc1ccc(OC(F)(F)F)c(Br)c1. The lowest BCUT2D eigenvalue weighted by molar-refractivity contribution is -0.274. The number of ether oxygens (including phenoxy) is 1. The Hall–Kier alpha value is -0.960. The van der Waals surface area contributed by atoms with Crippen molar-refractivity contribution in [3.63, 3.8) is 0 Å². The summed E-state index contributed by atoms with van der Waals surface area (Å²) in [6, 6.07) is 3.92. The van der Waals surface area contributed by atoms with E-state index in [4.69, 9.17) is 0 Å². The summed E-state index contributed by atoms with van der Waals surface area (Å²) in [6.07, 6.45) is -4.76. The van der Waals surface area contributed by atoms with Crippen LogP contribution in [0.5, 0.6) is 5.75 Å². The summed E-state index contributed by atoms with van der Waals surface area (Å²) in [4.78, 5) is 0. The molecule has 120 valence electrons. The smallest absolute Gasteiger partial charge is 0.405 e.